The van der Waals surface area contributed by atoms with Gasteiger partial charge in [0, 0.05) is 6.20 Å². The van der Waals surface area contributed by atoms with E-state index in [0.717, 1.165) is 12.1 Å². The highest BCUT2D eigenvalue weighted by molar-refractivity contribution is 7.99. The van der Waals surface area contributed by atoms with Gasteiger partial charge in [0.2, 0.25) is 0 Å². The third-order valence-electron chi connectivity index (χ3n) is 2.67. The number of esters is 1. The molecule has 0 atom stereocenters. The number of carbonyl (C=O) groups is 1. The van der Waals surface area contributed by atoms with Crippen molar-refractivity contribution < 1.29 is 22.7 Å². The van der Waals surface area contributed by atoms with Gasteiger partial charge in [-0.15, -0.1) is 11.8 Å². The molecule has 0 spiro atoms. The number of ether oxygens (including phenoxy) is 1. The van der Waals surface area contributed by atoms with Crippen molar-refractivity contribution in [3.8, 4) is 0 Å². The molecule has 0 radical (unpaired) electrons. The van der Waals surface area contributed by atoms with Crippen LogP contribution in [0, 0.1) is 0 Å². The van der Waals surface area contributed by atoms with E-state index in [9.17, 15) is 18.0 Å². The maximum absolute atomic E-state index is 12.8. The molecule has 0 amide bonds. The van der Waals surface area contributed by atoms with Crippen molar-refractivity contribution in [2.45, 2.75) is 24.9 Å². The number of aromatic nitrogens is 2. The van der Waals surface area contributed by atoms with Crippen molar-refractivity contribution in [1.29, 1.82) is 0 Å². The van der Waals surface area contributed by atoms with Gasteiger partial charge in [-0.3, -0.25) is 0 Å². The molecule has 4 nitrogen and oxygen atoms in total. The van der Waals surface area contributed by atoms with Crippen LogP contribution in [-0.4, -0.2) is 27.9 Å². The van der Waals surface area contributed by atoms with Gasteiger partial charge in [0.15, 0.2) is 5.69 Å². The maximum atomic E-state index is 12.8. The first-order chi connectivity index (χ1) is 9.88. The Hall–Kier alpha value is -1.70. The summed E-state index contributed by atoms with van der Waals surface area (Å²) in [6.45, 7) is 3.68. The molecule has 21 heavy (non-hydrogen) atoms. The lowest BCUT2D eigenvalue weighted by atomic mass is 10.2. The zero-order valence-corrected chi connectivity index (χ0v) is 12.2. The average Bonchev–Trinajstić information content (AvgIpc) is 2.77. The van der Waals surface area contributed by atoms with Gasteiger partial charge in [-0.25, -0.2) is 9.31 Å². The molecule has 2 aromatic heterocycles. The van der Waals surface area contributed by atoms with E-state index in [1.807, 2.05) is 6.92 Å². The second-order valence-corrected chi connectivity index (χ2v) is 5.35. The van der Waals surface area contributed by atoms with E-state index in [1.54, 1.807) is 6.92 Å². The fourth-order valence-corrected chi connectivity index (χ4v) is 2.67. The molecule has 8 heteroatoms. The van der Waals surface area contributed by atoms with E-state index in [2.05, 4.69) is 5.10 Å². The third-order valence-corrected chi connectivity index (χ3v) is 3.65. The summed E-state index contributed by atoms with van der Waals surface area (Å²) in [5, 5.41) is 4.03. The Labute approximate surface area is 123 Å². The molecule has 0 fully saturated rings. The van der Waals surface area contributed by atoms with Crippen LogP contribution in [-0.2, 0) is 10.9 Å². The molecule has 0 N–H and O–H groups in total. The van der Waals surface area contributed by atoms with E-state index in [0.29, 0.717) is 10.6 Å². The Kier molecular flexibility index (Phi) is 4.46. The molecule has 0 aliphatic heterocycles. The van der Waals surface area contributed by atoms with Crippen molar-refractivity contribution in [2.24, 2.45) is 0 Å². The number of halogens is 3. The van der Waals surface area contributed by atoms with E-state index >= 15 is 0 Å². The van der Waals surface area contributed by atoms with E-state index in [1.165, 1.54) is 22.5 Å². The van der Waals surface area contributed by atoms with Crippen LogP contribution in [0.5, 0.6) is 0 Å². The fraction of sp³-hybridized carbons (Fsp3) is 0.385. The van der Waals surface area contributed by atoms with Crippen molar-refractivity contribution in [2.75, 3.05) is 12.4 Å². The molecule has 0 aliphatic carbocycles. The summed E-state index contributed by atoms with van der Waals surface area (Å²) in [5.41, 5.74) is -0.481. The van der Waals surface area contributed by atoms with Crippen LogP contribution in [0.1, 0.15) is 29.9 Å². The molecule has 2 heterocycles. The van der Waals surface area contributed by atoms with E-state index in [4.69, 9.17) is 4.74 Å². The van der Waals surface area contributed by atoms with Crippen LogP contribution in [0.2, 0.25) is 0 Å². The molecule has 2 rings (SSSR count). The minimum absolute atomic E-state index is 0.0445. The number of hydrogen-bond acceptors (Lipinski definition) is 4. The number of fused-ring (bicyclic) bond motifs is 1. The quantitative estimate of drug-likeness (QED) is 0.638. The lowest BCUT2D eigenvalue weighted by molar-refractivity contribution is -0.137. The normalized spacial score (nSPS) is 11.9. The van der Waals surface area contributed by atoms with Crippen molar-refractivity contribution >= 4 is 23.2 Å². The molecular formula is C13H13F3N2O2S. The van der Waals surface area contributed by atoms with Crippen LogP contribution in [0.15, 0.2) is 23.2 Å². The molecule has 114 valence electrons. The molecule has 0 aromatic carbocycles. The van der Waals surface area contributed by atoms with Crippen LogP contribution in [0.25, 0.3) is 5.52 Å². The maximum Gasteiger partial charge on any atom is 0.416 e. The standard InChI is InChI=1S/C13H13F3N2O2S/c1-3-20-12(19)10-11(21-4-2)9-7-8(13(14,15)16)5-6-18(9)17-10/h5-7H,3-4H2,1-2H3. The fourth-order valence-electron chi connectivity index (χ4n) is 1.82. The van der Waals surface area contributed by atoms with Gasteiger partial charge < -0.3 is 4.74 Å². The Morgan fingerprint density at radius 3 is 2.71 bits per heavy atom. The van der Waals surface area contributed by atoms with E-state index < -0.39 is 17.7 Å². The number of nitrogens with zero attached hydrogens (tertiary/aromatic N) is 2. The van der Waals surface area contributed by atoms with Gasteiger partial charge in [0.1, 0.15) is 0 Å². The number of thioether (sulfide) groups is 1. The van der Waals surface area contributed by atoms with Crippen LogP contribution in [0.3, 0.4) is 0 Å². The zero-order valence-electron chi connectivity index (χ0n) is 11.4. The second kappa shape index (κ2) is 5.97. The average molecular weight is 318 g/mol. The van der Waals surface area contributed by atoms with Crippen molar-refractivity contribution in [1.82, 2.24) is 9.61 Å². The monoisotopic (exact) mass is 318 g/mol. The van der Waals surface area contributed by atoms with Gasteiger partial charge in [0.25, 0.3) is 0 Å². The number of hydrogen-bond donors (Lipinski definition) is 0. The first-order valence-corrected chi connectivity index (χ1v) is 7.26. The number of carbonyl (C=O) groups excluding carboxylic acids is 1. The molecule has 2 aromatic rings. The van der Waals surface area contributed by atoms with Gasteiger partial charge in [0.05, 0.1) is 22.6 Å². The molecule has 0 aliphatic rings. The summed E-state index contributed by atoms with van der Waals surface area (Å²) in [6.07, 6.45) is -3.25. The summed E-state index contributed by atoms with van der Waals surface area (Å²) >= 11 is 1.26. The molecule has 0 bridgehead atoms. The summed E-state index contributed by atoms with van der Waals surface area (Å²) in [4.78, 5) is 12.3. The summed E-state index contributed by atoms with van der Waals surface area (Å²) in [6, 6.07) is 1.92. The highest BCUT2D eigenvalue weighted by Crippen LogP contribution is 2.34. The number of rotatable bonds is 4. The van der Waals surface area contributed by atoms with Gasteiger partial charge in [-0.05, 0) is 24.8 Å². The largest absolute Gasteiger partial charge is 0.461 e. The molecular weight excluding hydrogens is 305 g/mol. The first kappa shape index (κ1) is 15.7. The topological polar surface area (TPSA) is 43.6 Å². The Bertz CT molecular complexity index is 667. The van der Waals surface area contributed by atoms with Gasteiger partial charge >= 0.3 is 12.1 Å². The summed E-state index contributed by atoms with van der Waals surface area (Å²) in [5.74, 6) is -0.0324. The second-order valence-electron chi connectivity index (χ2n) is 4.07. The molecule has 0 unspecified atom stereocenters. The highest BCUT2D eigenvalue weighted by atomic mass is 32.2. The van der Waals surface area contributed by atoms with Crippen LogP contribution < -0.4 is 0 Å². The first-order valence-electron chi connectivity index (χ1n) is 6.28. The lowest BCUT2D eigenvalue weighted by Crippen LogP contribution is -2.06. The highest BCUT2D eigenvalue weighted by Gasteiger charge is 2.31. The minimum Gasteiger partial charge on any atom is -0.461 e. The SMILES string of the molecule is CCOC(=O)c1nn2ccc(C(F)(F)F)cc2c1SCC. The summed E-state index contributed by atoms with van der Waals surface area (Å²) in [7, 11) is 0. The Morgan fingerprint density at radius 1 is 1.43 bits per heavy atom. The molecule has 0 saturated carbocycles. The number of pyridine rings is 1. The predicted octanol–water partition coefficient (Wildman–Crippen LogP) is 3.64. The van der Waals surface area contributed by atoms with Gasteiger partial charge in [-0.2, -0.15) is 18.3 Å². The van der Waals surface area contributed by atoms with Crippen molar-refractivity contribution in [3.63, 3.8) is 0 Å². The van der Waals surface area contributed by atoms with Gasteiger partial charge in [-0.1, -0.05) is 6.92 Å². The third kappa shape index (κ3) is 3.15. The summed E-state index contributed by atoms with van der Waals surface area (Å²) < 4.78 is 44.5. The molecule has 0 saturated heterocycles. The smallest absolute Gasteiger partial charge is 0.416 e. The van der Waals surface area contributed by atoms with E-state index in [-0.39, 0.29) is 17.8 Å². The predicted molar refractivity (Wildman–Crippen MR) is 72.5 cm³/mol. The van der Waals surface area contributed by atoms with Crippen molar-refractivity contribution in [3.05, 3.63) is 29.6 Å². The van der Waals surface area contributed by atoms with Crippen LogP contribution in [0.4, 0.5) is 13.2 Å². The minimum atomic E-state index is -4.44. The lowest BCUT2D eigenvalue weighted by Gasteiger charge is -2.07. The number of alkyl halides is 3. The van der Waals surface area contributed by atoms with Crippen LogP contribution >= 0.6 is 11.8 Å². The Morgan fingerprint density at radius 2 is 2.14 bits per heavy atom. The zero-order chi connectivity index (χ0) is 15.6. The Balaban J connectivity index is 2.61.